The molecular weight excluding hydrogens is 338 g/mol. The van der Waals surface area contributed by atoms with E-state index >= 15 is 0 Å². The minimum Gasteiger partial charge on any atom is -0.457 e. The monoisotopic (exact) mass is 351 g/mol. The Balaban J connectivity index is 2.11. The number of sulfonamides is 1. The molecule has 2 rings (SSSR count). The summed E-state index contributed by atoms with van der Waals surface area (Å²) in [4.78, 5) is 11.6. The highest BCUT2D eigenvalue weighted by molar-refractivity contribution is 9.10. The number of rotatable bonds is 3. The molecule has 1 aromatic heterocycles. The standard InChI is InChI=1S/C11H14BrNO5S/c12-10-9(19(13,15)16)6-8(18-10)11(14)17-7-4-2-1-3-5-7/h6-7H,1-5H2,(H2,13,15,16). The highest BCUT2D eigenvalue weighted by Crippen LogP contribution is 2.27. The summed E-state index contributed by atoms with van der Waals surface area (Å²) >= 11 is 2.91. The fourth-order valence-corrected chi connectivity index (χ4v) is 3.54. The molecule has 6 nitrogen and oxygen atoms in total. The molecule has 1 fully saturated rings. The number of nitrogens with two attached hydrogens (primary N) is 1. The zero-order valence-corrected chi connectivity index (χ0v) is 12.5. The van der Waals surface area contributed by atoms with Crippen molar-refractivity contribution in [1.29, 1.82) is 0 Å². The molecule has 0 radical (unpaired) electrons. The van der Waals surface area contributed by atoms with Crippen LogP contribution in [0.15, 0.2) is 20.0 Å². The van der Waals surface area contributed by atoms with Crippen LogP contribution in [0.5, 0.6) is 0 Å². The second-order valence-corrected chi connectivity index (χ2v) is 6.71. The molecule has 0 aromatic carbocycles. The molecule has 0 saturated heterocycles. The molecular formula is C11H14BrNO5S. The van der Waals surface area contributed by atoms with E-state index in [4.69, 9.17) is 14.3 Å². The second-order valence-electron chi connectivity index (χ2n) is 4.46. The van der Waals surface area contributed by atoms with Crippen LogP contribution in [0.1, 0.15) is 42.7 Å². The second kappa shape index (κ2) is 5.64. The Morgan fingerprint density at radius 2 is 2.00 bits per heavy atom. The first-order valence-corrected chi connectivity index (χ1v) is 8.25. The first-order valence-electron chi connectivity index (χ1n) is 5.91. The largest absolute Gasteiger partial charge is 0.457 e. The average Bonchev–Trinajstić information content (AvgIpc) is 2.72. The molecule has 1 aliphatic carbocycles. The minimum atomic E-state index is -3.93. The van der Waals surface area contributed by atoms with E-state index < -0.39 is 16.0 Å². The number of hydrogen-bond acceptors (Lipinski definition) is 5. The van der Waals surface area contributed by atoms with Crippen molar-refractivity contribution in [2.24, 2.45) is 5.14 Å². The van der Waals surface area contributed by atoms with Crippen LogP contribution in [-0.2, 0) is 14.8 Å². The van der Waals surface area contributed by atoms with Gasteiger partial charge in [0.15, 0.2) is 4.67 Å². The molecule has 0 bridgehead atoms. The lowest BCUT2D eigenvalue weighted by Gasteiger charge is -2.21. The molecule has 0 atom stereocenters. The van der Waals surface area contributed by atoms with Crippen LogP contribution >= 0.6 is 15.9 Å². The first-order chi connectivity index (χ1) is 8.88. The Bertz CT molecular complexity index is 574. The van der Waals surface area contributed by atoms with Gasteiger partial charge in [0.05, 0.1) is 0 Å². The van der Waals surface area contributed by atoms with Crippen molar-refractivity contribution >= 4 is 31.9 Å². The lowest BCUT2D eigenvalue weighted by Crippen LogP contribution is -2.20. The molecule has 0 aliphatic heterocycles. The van der Waals surface area contributed by atoms with Gasteiger partial charge in [-0.2, -0.15) is 0 Å². The van der Waals surface area contributed by atoms with Gasteiger partial charge >= 0.3 is 5.97 Å². The van der Waals surface area contributed by atoms with Crippen LogP contribution in [0.25, 0.3) is 0 Å². The summed E-state index contributed by atoms with van der Waals surface area (Å²) in [6.45, 7) is 0. The molecule has 1 saturated carbocycles. The van der Waals surface area contributed by atoms with Crippen molar-refractivity contribution in [3.8, 4) is 0 Å². The fraction of sp³-hybridized carbons (Fsp3) is 0.545. The Kier molecular flexibility index (Phi) is 4.32. The molecule has 1 aromatic rings. The molecule has 1 aliphatic rings. The molecule has 2 N–H and O–H groups in total. The van der Waals surface area contributed by atoms with Crippen molar-refractivity contribution in [3.63, 3.8) is 0 Å². The maximum absolute atomic E-state index is 11.8. The molecule has 8 heteroatoms. The molecule has 0 spiro atoms. The van der Waals surface area contributed by atoms with Crippen molar-refractivity contribution in [3.05, 3.63) is 16.5 Å². The quantitative estimate of drug-likeness (QED) is 0.841. The van der Waals surface area contributed by atoms with Gasteiger partial charge in [0.1, 0.15) is 11.0 Å². The van der Waals surface area contributed by atoms with Crippen LogP contribution in [0.3, 0.4) is 0 Å². The predicted octanol–water partition coefficient (Wildman–Crippen LogP) is 2.18. The van der Waals surface area contributed by atoms with E-state index in [0.29, 0.717) is 0 Å². The van der Waals surface area contributed by atoms with E-state index in [1.54, 1.807) is 0 Å². The number of primary sulfonamides is 1. The molecule has 106 valence electrons. The molecule has 19 heavy (non-hydrogen) atoms. The van der Waals surface area contributed by atoms with Crippen molar-refractivity contribution in [2.45, 2.75) is 43.1 Å². The van der Waals surface area contributed by atoms with Gasteiger partial charge in [0.25, 0.3) is 0 Å². The zero-order valence-electron chi connectivity index (χ0n) is 10.1. The van der Waals surface area contributed by atoms with E-state index in [1.807, 2.05) is 0 Å². The Morgan fingerprint density at radius 1 is 1.37 bits per heavy atom. The lowest BCUT2D eigenvalue weighted by molar-refractivity contribution is 0.0176. The maximum Gasteiger partial charge on any atom is 0.374 e. The number of hydrogen-bond donors (Lipinski definition) is 1. The van der Waals surface area contributed by atoms with Crippen LogP contribution in [-0.4, -0.2) is 20.5 Å². The van der Waals surface area contributed by atoms with Crippen molar-refractivity contribution < 1.29 is 22.4 Å². The van der Waals surface area contributed by atoms with Crippen LogP contribution in [0, 0.1) is 0 Å². The maximum atomic E-state index is 11.8. The number of furan rings is 1. The zero-order chi connectivity index (χ0) is 14.0. The number of esters is 1. The van der Waals surface area contributed by atoms with Gasteiger partial charge in [-0.25, -0.2) is 18.4 Å². The van der Waals surface area contributed by atoms with Gasteiger partial charge in [-0.15, -0.1) is 0 Å². The van der Waals surface area contributed by atoms with Gasteiger partial charge < -0.3 is 9.15 Å². The van der Waals surface area contributed by atoms with E-state index in [1.165, 1.54) is 0 Å². The van der Waals surface area contributed by atoms with Gasteiger partial charge in [-0.1, -0.05) is 6.42 Å². The predicted molar refractivity (Wildman–Crippen MR) is 70.1 cm³/mol. The van der Waals surface area contributed by atoms with E-state index in [2.05, 4.69) is 15.9 Å². The summed E-state index contributed by atoms with van der Waals surface area (Å²) in [5.41, 5.74) is 0. The van der Waals surface area contributed by atoms with E-state index in [9.17, 15) is 13.2 Å². The first kappa shape index (κ1) is 14.5. The van der Waals surface area contributed by atoms with Crippen LogP contribution < -0.4 is 5.14 Å². The SMILES string of the molecule is NS(=O)(=O)c1cc(C(=O)OC2CCCCC2)oc1Br. The van der Waals surface area contributed by atoms with Gasteiger partial charge in [0, 0.05) is 6.07 Å². The Morgan fingerprint density at radius 3 is 2.53 bits per heavy atom. The minimum absolute atomic E-state index is 0.0920. The lowest BCUT2D eigenvalue weighted by atomic mass is 9.98. The number of carbonyl (C=O) groups is 1. The Labute approximate surface area is 119 Å². The topological polar surface area (TPSA) is 99.6 Å². The van der Waals surface area contributed by atoms with E-state index in [-0.39, 0.29) is 21.4 Å². The normalized spacial score (nSPS) is 17.4. The summed E-state index contributed by atoms with van der Waals surface area (Å²) in [5.74, 6) is -0.830. The van der Waals surface area contributed by atoms with Gasteiger partial charge in [-0.3, -0.25) is 0 Å². The van der Waals surface area contributed by atoms with Crippen molar-refractivity contribution in [2.75, 3.05) is 0 Å². The fourth-order valence-electron chi connectivity index (χ4n) is 2.04. The summed E-state index contributed by atoms with van der Waals surface area (Å²) in [5, 5.41) is 4.99. The highest BCUT2D eigenvalue weighted by atomic mass is 79.9. The summed E-state index contributed by atoms with van der Waals surface area (Å²) < 4.78 is 32.6. The van der Waals surface area contributed by atoms with Crippen LogP contribution in [0.2, 0.25) is 0 Å². The third kappa shape index (κ3) is 3.58. The van der Waals surface area contributed by atoms with Crippen molar-refractivity contribution in [1.82, 2.24) is 0 Å². The van der Waals surface area contributed by atoms with Gasteiger partial charge in [-0.05, 0) is 41.6 Å². The number of carbonyl (C=O) groups excluding carboxylic acids is 1. The molecule has 0 unspecified atom stereocenters. The smallest absolute Gasteiger partial charge is 0.374 e. The number of halogens is 1. The third-order valence-corrected chi connectivity index (χ3v) is 4.76. The molecule has 1 heterocycles. The number of ether oxygens (including phenoxy) is 1. The van der Waals surface area contributed by atoms with E-state index in [0.717, 1.165) is 38.2 Å². The summed E-state index contributed by atoms with van der Waals surface area (Å²) in [7, 11) is -3.93. The third-order valence-electron chi connectivity index (χ3n) is 2.99. The summed E-state index contributed by atoms with van der Waals surface area (Å²) in [6, 6.07) is 1.07. The average molecular weight is 352 g/mol. The molecule has 0 amide bonds. The summed E-state index contributed by atoms with van der Waals surface area (Å²) in [6.07, 6.45) is 4.74. The Hall–Kier alpha value is -0.860. The highest BCUT2D eigenvalue weighted by Gasteiger charge is 2.25. The van der Waals surface area contributed by atoms with Gasteiger partial charge in [0.2, 0.25) is 15.8 Å². The van der Waals surface area contributed by atoms with Crippen LogP contribution in [0.4, 0.5) is 0 Å².